The first-order valence-electron chi connectivity index (χ1n) is 7.74. The Morgan fingerprint density at radius 1 is 1.36 bits per heavy atom. The summed E-state index contributed by atoms with van der Waals surface area (Å²) in [6, 6.07) is 6.85. The van der Waals surface area contributed by atoms with Gasteiger partial charge in [0.1, 0.15) is 0 Å². The summed E-state index contributed by atoms with van der Waals surface area (Å²) >= 11 is 0. The highest BCUT2D eigenvalue weighted by Crippen LogP contribution is 2.20. The van der Waals surface area contributed by atoms with E-state index >= 15 is 0 Å². The van der Waals surface area contributed by atoms with E-state index in [4.69, 9.17) is 0 Å². The van der Waals surface area contributed by atoms with E-state index < -0.39 is 9.84 Å². The predicted octanol–water partition coefficient (Wildman–Crippen LogP) is 2.29. The van der Waals surface area contributed by atoms with Gasteiger partial charge in [-0.1, -0.05) is 19.4 Å². The van der Waals surface area contributed by atoms with Crippen molar-refractivity contribution in [1.82, 2.24) is 4.90 Å². The molecule has 1 saturated heterocycles. The van der Waals surface area contributed by atoms with E-state index in [2.05, 4.69) is 17.1 Å². The normalized spacial score (nSPS) is 19.8. The number of hydrogen-bond donors (Lipinski definition) is 1. The number of likely N-dealkylation sites (tertiary alicyclic amines) is 1. The highest BCUT2D eigenvalue weighted by Gasteiger charge is 2.22. The summed E-state index contributed by atoms with van der Waals surface area (Å²) in [7, 11) is -3.26. The molecule has 22 heavy (non-hydrogen) atoms. The minimum atomic E-state index is -3.26. The van der Waals surface area contributed by atoms with Crippen LogP contribution in [-0.4, -0.2) is 44.6 Å². The molecule has 1 heterocycles. The van der Waals surface area contributed by atoms with Crippen LogP contribution < -0.4 is 5.32 Å². The summed E-state index contributed by atoms with van der Waals surface area (Å²) in [5.41, 5.74) is 0.526. The molecule has 1 amide bonds. The zero-order valence-corrected chi connectivity index (χ0v) is 14.0. The summed E-state index contributed by atoms with van der Waals surface area (Å²) < 4.78 is 23.1. The van der Waals surface area contributed by atoms with Crippen LogP contribution in [0.3, 0.4) is 0 Å². The van der Waals surface area contributed by atoms with Gasteiger partial charge in [-0.2, -0.15) is 0 Å². The Bertz CT molecular complexity index is 628. The van der Waals surface area contributed by atoms with Gasteiger partial charge >= 0.3 is 0 Å². The maximum absolute atomic E-state index is 12.2. The first-order valence-corrected chi connectivity index (χ1v) is 9.63. The van der Waals surface area contributed by atoms with E-state index in [1.807, 2.05) is 0 Å². The largest absolute Gasteiger partial charge is 0.325 e. The molecule has 0 aromatic heterocycles. The van der Waals surface area contributed by atoms with Crippen LogP contribution in [0.1, 0.15) is 32.6 Å². The van der Waals surface area contributed by atoms with Crippen molar-refractivity contribution in [1.29, 1.82) is 0 Å². The standard InChI is InChI=1S/C16H24N2O3S/c1-3-14-8-4-5-10-18(14)12-16(19)17-13-7-6-9-15(11-13)22(2,20)21/h6-7,9,11,14H,3-5,8,10,12H2,1-2H3,(H,17,19). The summed E-state index contributed by atoms with van der Waals surface area (Å²) in [6.45, 7) is 3.47. The summed E-state index contributed by atoms with van der Waals surface area (Å²) in [6.07, 6.45) is 5.72. The topological polar surface area (TPSA) is 66.5 Å². The van der Waals surface area contributed by atoms with E-state index in [1.165, 1.54) is 18.6 Å². The minimum Gasteiger partial charge on any atom is -0.325 e. The van der Waals surface area contributed by atoms with Crippen molar-refractivity contribution in [2.24, 2.45) is 0 Å². The monoisotopic (exact) mass is 324 g/mol. The lowest BCUT2D eigenvalue weighted by atomic mass is 10.00. The van der Waals surface area contributed by atoms with Gasteiger partial charge in [0, 0.05) is 18.0 Å². The average Bonchev–Trinajstić information content (AvgIpc) is 2.47. The maximum Gasteiger partial charge on any atom is 0.238 e. The van der Waals surface area contributed by atoms with Gasteiger partial charge in [0.05, 0.1) is 11.4 Å². The number of carbonyl (C=O) groups is 1. The molecule has 0 aliphatic carbocycles. The van der Waals surface area contributed by atoms with Crippen LogP contribution in [-0.2, 0) is 14.6 Å². The van der Waals surface area contributed by atoms with Crippen LogP contribution in [0.25, 0.3) is 0 Å². The van der Waals surface area contributed by atoms with Crippen LogP contribution in [0.2, 0.25) is 0 Å². The molecule has 1 aliphatic heterocycles. The molecule has 0 saturated carbocycles. The van der Waals surface area contributed by atoms with Gasteiger partial charge in [-0.15, -0.1) is 0 Å². The van der Waals surface area contributed by atoms with E-state index in [0.717, 1.165) is 32.1 Å². The Morgan fingerprint density at radius 2 is 2.14 bits per heavy atom. The fourth-order valence-electron chi connectivity index (χ4n) is 2.92. The lowest BCUT2D eigenvalue weighted by molar-refractivity contribution is -0.118. The average molecular weight is 324 g/mol. The SMILES string of the molecule is CCC1CCCCN1CC(=O)Nc1cccc(S(C)(=O)=O)c1. The van der Waals surface area contributed by atoms with Crippen LogP contribution in [0, 0.1) is 0 Å². The van der Waals surface area contributed by atoms with E-state index in [-0.39, 0.29) is 10.8 Å². The fraction of sp³-hybridized carbons (Fsp3) is 0.562. The Hall–Kier alpha value is -1.40. The van der Waals surface area contributed by atoms with Crippen LogP contribution in [0.15, 0.2) is 29.2 Å². The summed E-state index contributed by atoms with van der Waals surface area (Å²) in [5.74, 6) is -0.0917. The Morgan fingerprint density at radius 3 is 2.82 bits per heavy atom. The third kappa shape index (κ3) is 4.55. The lowest BCUT2D eigenvalue weighted by Crippen LogP contribution is -2.43. The maximum atomic E-state index is 12.2. The fourth-order valence-corrected chi connectivity index (χ4v) is 3.59. The van der Waals surface area contributed by atoms with E-state index in [1.54, 1.807) is 12.1 Å². The van der Waals surface area contributed by atoms with Gasteiger partial charge in [-0.25, -0.2) is 8.42 Å². The number of amides is 1. The number of benzene rings is 1. The van der Waals surface area contributed by atoms with Gasteiger partial charge in [0.2, 0.25) is 5.91 Å². The Balaban J connectivity index is 2.00. The zero-order valence-electron chi connectivity index (χ0n) is 13.2. The van der Waals surface area contributed by atoms with E-state index in [0.29, 0.717) is 18.3 Å². The molecule has 0 spiro atoms. The Labute approximate surface area is 132 Å². The van der Waals surface area contributed by atoms with Gasteiger partial charge in [-0.3, -0.25) is 9.69 Å². The van der Waals surface area contributed by atoms with Crippen molar-refractivity contribution in [2.75, 3.05) is 24.7 Å². The molecule has 0 radical (unpaired) electrons. The van der Waals surface area contributed by atoms with Crippen molar-refractivity contribution in [3.63, 3.8) is 0 Å². The van der Waals surface area contributed by atoms with E-state index in [9.17, 15) is 13.2 Å². The van der Waals surface area contributed by atoms with Gasteiger partial charge < -0.3 is 5.32 Å². The molecule has 0 bridgehead atoms. The van der Waals surface area contributed by atoms with Crippen molar-refractivity contribution in [3.05, 3.63) is 24.3 Å². The molecular weight excluding hydrogens is 300 g/mol. The number of nitrogens with one attached hydrogen (secondary N) is 1. The van der Waals surface area contributed by atoms with Crippen molar-refractivity contribution in [2.45, 2.75) is 43.5 Å². The number of piperidine rings is 1. The molecular formula is C16H24N2O3S. The quantitative estimate of drug-likeness (QED) is 0.902. The highest BCUT2D eigenvalue weighted by atomic mass is 32.2. The van der Waals surface area contributed by atoms with Crippen LogP contribution >= 0.6 is 0 Å². The van der Waals surface area contributed by atoms with Crippen molar-refractivity contribution in [3.8, 4) is 0 Å². The summed E-state index contributed by atoms with van der Waals surface area (Å²) in [5, 5.41) is 2.80. The molecule has 1 aliphatic rings. The number of anilines is 1. The molecule has 1 aromatic carbocycles. The van der Waals surface area contributed by atoms with Crippen LogP contribution in [0.4, 0.5) is 5.69 Å². The molecule has 1 aromatic rings. The molecule has 1 atom stereocenters. The number of hydrogen-bond acceptors (Lipinski definition) is 4. The highest BCUT2D eigenvalue weighted by molar-refractivity contribution is 7.90. The lowest BCUT2D eigenvalue weighted by Gasteiger charge is -2.34. The van der Waals surface area contributed by atoms with Crippen LogP contribution in [0.5, 0.6) is 0 Å². The number of carbonyl (C=O) groups excluding carboxylic acids is 1. The Kier molecular flexibility index (Phi) is 5.58. The third-order valence-corrected chi connectivity index (χ3v) is 5.22. The minimum absolute atomic E-state index is 0.0917. The molecule has 2 rings (SSSR count). The zero-order chi connectivity index (χ0) is 16.2. The predicted molar refractivity (Wildman–Crippen MR) is 87.7 cm³/mol. The molecule has 1 N–H and O–H groups in total. The number of sulfone groups is 1. The van der Waals surface area contributed by atoms with Gasteiger partial charge in [0.15, 0.2) is 9.84 Å². The second-order valence-electron chi connectivity index (χ2n) is 5.88. The van der Waals surface area contributed by atoms with Gasteiger partial charge in [-0.05, 0) is 44.0 Å². The first-order chi connectivity index (χ1) is 10.4. The number of rotatable bonds is 5. The molecule has 1 fully saturated rings. The molecule has 1 unspecified atom stereocenters. The second kappa shape index (κ2) is 7.24. The van der Waals surface area contributed by atoms with Crippen molar-refractivity contribution >= 4 is 21.4 Å². The molecule has 5 nitrogen and oxygen atoms in total. The van der Waals surface area contributed by atoms with Crippen molar-refractivity contribution < 1.29 is 13.2 Å². The smallest absolute Gasteiger partial charge is 0.238 e. The third-order valence-electron chi connectivity index (χ3n) is 4.11. The number of nitrogens with zero attached hydrogens (tertiary/aromatic N) is 1. The molecule has 122 valence electrons. The first kappa shape index (κ1) is 17.0. The van der Waals surface area contributed by atoms with Gasteiger partial charge in [0.25, 0.3) is 0 Å². The molecule has 6 heteroatoms. The second-order valence-corrected chi connectivity index (χ2v) is 7.89. The summed E-state index contributed by atoms with van der Waals surface area (Å²) in [4.78, 5) is 14.6.